The van der Waals surface area contributed by atoms with E-state index in [-0.39, 0.29) is 24.8 Å². The molecule has 0 bridgehead atoms. The number of hydrogen-bond donors (Lipinski definition) is 1. The van der Waals surface area contributed by atoms with Crippen LogP contribution in [0.15, 0.2) is 78.4 Å². The second-order valence-electron chi connectivity index (χ2n) is 9.78. The zero-order valence-electron chi connectivity index (χ0n) is 22.9. The van der Waals surface area contributed by atoms with Crippen molar-refractivity contribution >= 4 is 44.1 Å². The maximum absolute atomic E-state index is 9.66. The molecule has 5 heteroatoms. The van der Waals surface area contributed by atoms with E-state index >= 15 is 0 Å². The third-order valence-electron chi connectivity index (χ3n) is 6.21. The van der Waals surface area contributed by atoms with E-state index in [2.05, 4.69) is 125 Å². The van der Waals surface area contributed by atoms with Gasteiger partial charge in [-0.1, -0.05) is 26.0 Å². The summed E-state index contributed by atoms with van der Waals surface area (Å²) in [4.78, 5) is 0. The molecular formula is C32H38Cl2OSiTi. The Morgan fingerprint density at radius 3 is 1.59 bits per heavy atom. The number of phenolic OH excluding ortho intramolecular Hbond substituents is 1. The number of benzene rings is 3. The average Bonchev–Trinajstić information content (AvgIpc) is 3.43. The molecule has 3 aromatic carbocycles. The molecule has 1 nitrogen and oxygen atoms in total. The fourth-order valence-electron chi connectivity index (χ4n) is 3.62. The zero-order valence-corrected chi connectivity index (χ0v) is 27.1. The van der Waals surface area contributed by atoms with Gasteiger partial charge in [0, 0.05) is 0 Å². The molecule has 3 radical (unpaired) electrons. The molecule has 194 valence electrons. The van der Waals surface area contributed by atoms with Crippen molar-refractivity contribution in [3.63, 3.8) is 0 Å². The predicted molar refractivity (Wildman–Crippen MR) is 163 cm³/mol. The van der Waals surface area contributed by atoms with E-state index in [0.29, 0.717) is 11.2 Å². The summed E-state index contributed by atoms with van der Waals surface area (Å²) in [6, 6.07) is 20.9. The first kappa shape index (κ1) is 35.3. The molecule has 0 aromatic heterocycles. The van der Waals surface area contributed by atoms with Crippen molar-refractivity contribution in [3.8, 4) is 5.75 Å². The predicted octanol–water partition coefficient (Wildman–Crippen LogP) is 7.79. The van der Waals surface area contributed by atoms with Gasteiger partial charge in [0.05, 0.1) is 10.2 Å². The molecule has 3 aromatic rings. The molecule has 1 N–H and O–H groups in total. The first-order chi connectivity index (χ1) is 16.4. The molecule has 0 atom stereocenters. The number of aromatic hydroxyl groups is 1. The molecule has 0 fully saturated rings. The van der Waals surface area contributed by atoms with E-state index in [4.69, 9.17) is 0 Å². The second kappa shape index (κ2) is 16.3. The summed E-state index contributed by atoms with van der Waals surface area (Å²) in [5, 5.41) is 10.7. The second-order valence-corrected chi connectivity index (χ2v) is 11.1. The van der Waals surface area contributed by atoms with Gasteiger partial charge in [0.15, 0.2) is 0 Å². The summed E-state index contributed by atoms with van der Waals surface area (Å²) in [5.74, 6) is 0.406. The van der Waals surface area contributed by atoms with E-state index in [1.165, 1.54) is 26.1 Å². The van der Waals surface area contributed by atoms with Crippen LogP contribution in [-0.2, 0) is 20.0 Å². The van der Waals surface area contributed by atoms with Crippen molar-refractivity contribution in [2.75, 3.05) is 0 Å². The third kappa shape index (κ3) is 10.2. The minimum atomic E-state index is 0. The Bertz CT molecular complexity index is 1060. The van der Waals surface area contributed by atoms with Crippen molar-refractivity contribution in [1.29, 1.82) is 0 Å². The monoisotopic (exact) mass is 584 g/mol. The molecule has 0 saturated heterocycles. The molecule has 0 spiro atoms. The van der Waals surface area contributed by atoms with E-state index in [1.54, 1.807) is 0 Å². The van der Waals surface area contributed by atoms with Gasteiger partial charge in [-0.25, -0.2) is 11.6 Å². The van der Waals surface area contributed by atoms with Crippen molar-refractivity contribution in [2.24, 2.45) is 5.41 Å². The fourth-order valence-corrected chi connectivity index (χ4v) is 4.45. The van der Waals surface area contributed by atoms with Crippen LogP contribution >= 0.6 is 24.8 Å². The Morgan fingerprint density at radius 2 is 1.24 bits per heavy atom. The molecule has 0 heterocycles. The van der Waals surface area contributed by atoms with Gasteiger partial charge < -0.3 is 5.11 Å². The zero-order chi connectivity index (χ0) is 26.2. The van der Waals surface area contributed by atoms with Gasteiger partial charge in [0.25, 0.3) is 0 Å². The number of allylic oxidation sites excluding steroid dienone is 4. The van der Waals surface area contributed by atoms with E-state index in [9.17, 15) is 5.11 Å². The molecule has 0 amide bonds. The SMILES string of the molecule is CC(C)(C)C1=[C-]CC=C1.Cc1c(C)c(O)c(C)c([Si])c1C.Cl.Cl.[Ti+]=[C](c1ccccc1)c1ccccc1. The number of hydrogen-bond acceptors (Lipinski definition) is 1. The average molecular weight is 586 g/mol. The van der Waals surface area contributed by atoms with Crippen molar-refractivity contribution in [2.45, 2.75) is 54.9 Å². The first-order valence-electron chi connectivity index (χ1n) is 11.9. The van der Waals surface area contributed by atoms with Crippen LogP contribution in [0.1, 0.15) is 60.6 Å². The van der Waals surface area contributed by atoms with Crippen LogP contribution in [-0.4, -0.2) is 19.2 Å². The van der Waals surface area contributed by atoms with Gasteiger partial charge in [-0.3, -0.25) is 6.08 Å². The van der Waals surface area contributed by atoms with Gasteiger partial charge in [-0.05, 0) is 55.4 Å². The van der Waals surface area contributed by atoms with E-state index in [0.717, 1.165) is 28.3 Å². The summed E-state index contributed by atoms with van der Waals surface area (Å²) in [5.41, 5.74) is 8.49. The summed E-state index contributed by atoms with van der Waals surface area (Å²) >= 11 is 2.16. The van der Waals surface area contributed by atoms with Gasteiger partial charge in [-0.2, -0.15) is 6.08 Å². The van der Waals surface area contributed by atoms with Crippen LogP contribution in [0.2, 0.25) is 0 Å². The summed E-state index contributed by atoms with van der Waals surface area (Å²) in [6.07, 6.45) is 8.63. The van der Waals surface area contributed by atoms with Crippen molar-refractivity contribution < 1.29 is 25.1 Å². The molecule has 1 aliphatic carbocycles. The maximum atomic E-state index is 9.66. The summed E-state index contributed by atoms with van der Waals surface area (Å²) in [6.45, 7) is 14.6. The van der Waals surface area contributed by atoms with Crippen LogP contribution in [0.4, 0.5) is 0 Å². The third-order valence-corrected chi connectivity index (χ3v) is 7.86. The Morgan fingerprint density at radius 1 is 0.784 bits per heavy atom. The topological polar surface area (TPSA) is 20.2 Å². The first-order valence-corrected chi connectivity index (χ1v) is 13.2. The van der Waals surface area contributed by atoms with Gasteiger partial charge in [0.1, 0.15) is 5.75 Å². The minimum absolute atomic E-state index is 0. The Hall–Kier alpha value is -1.68. The quantitative estimate of drug-likeness (QED) is 0.241. The van der Waals surface area contributed by atoms with Crippen LogP contribution in [0.25, 0.3) is 0 Å². The molecule has 0 saturated carbocycles. The van der Waals surface area contributed by atoms with E-state index < -0.39 is 0 Å². The Balaban J connectivity index is 0.000000523. The molecule has 0 unspecified atom stereocenters. The molecule has 37 heavy (non-hydrogen) atoms. The van der Waals surface area contributed by atoms with Gasteiger partial charge in [0.2, 0.25) is 0 Å². The van der Waals surface area contributed by atoms with Crippen LogP contribution in [0.3, 0.4) is 0 Å². The number of halogens is 2. The van der Waals surface area contributed by atoms with Crippen LogP contribution in [0, 0.1) is 39.2 Å². The molecule has 0 aliphatic heterocycles. The Labute approximate surface area is 251 Å². The van der Waals surface area contributed by atoms with Crippen LogP contribution in [0.5, 0.6) is 5.75 Å². The fraction of sp³-hybridized carbons (Fsp3) is 0.281. The van der Waals surface area contributed by atoms with E-state index in [1.807, 2.05) is 32.9 Å². The van der Waals surface area contributed by atoms with Crippen LogP contribution < -0.4 is 5.19 Å². The standard InChI is InChI=1S/C13H10.C10H13OSi.C9H13.2ClH.Ti/c1-3-7-12(8-4-1)11-13-9-5-2-6-10-13;1-5-6(2)9(11)8(4)10(12)7(5)3;1-9(2,3)8-6-4-5-7-8;;;/h1-10H;11H,1-4H3;4,6H,5H2,1-3H3;2*1H;/q;;-1;;;+1. The normalized spacial score (nSPS) is 11.6. The number of phenols is 1. The van der Waals surface area contributed by atoms with Crippen molar-refractivity contribution in [1.82, 2.24) is 0 Å². The molecule has 4 rings (SSSR count). The molecular weight excluding hydrogens is 547 g/mol. The Kier molecular flexibility index (Phi) is 15.6. The van der Waals surface area contributed by atoms with Gasteiger partial charge in [-0.15, -0.1) is 31.2 Å². The summed E-state index contributed by atoms with van der Waals surface area (Å²) < 4.78 is 1.33. The van der Waals surface area contributed by atoms with Crippen molar-refractivity contribution in [3.05, 3.63) is 118 Å². The van der Waals surface area contributed by atoms with Gasteiger partial charge >= 0.3 is 95.6 Å². The number of rotatable bonds is 2. The summed E-state index contributed by atoms with van der Waals surface area (Å²) in [7, 11) is 3.51. The molecule has 1 aliphatic rings.